The van der Waals surface area contributed by atoms with E-state index in [1.807, 2.05) is 0 Å². The molecule has 1 saturated carbocycles. The molecule has 120 valence electrons. The SMILES string of the molecule is O=C(C1CCC1)N(Cc1ccc2ccccc2c1)[C@H]1CCNC1. The maximum absolute atomic E-state index is 12.9. The van der Waals surface area contributed by atoms with Crippen molar-refractivity contribution >= 4 is 16.7 Å². The van der Waals surface area contributed by atoms with Crippen LogP contribution in [0, 0.1) is 5.92 Å². The third kappa shape index (κ3) is 2.98. The van der Waals surface area contributed by atoms with Gasteiger partial charge in [-0.3, -0.25) is 4.79 Å². The van der Waals surface area contributed by atoms with Gasteiger partial charge in [0.25, 0.3) is 0 Å². The monoisotopic (exact) mass is 308 g/mol. The molecule has 2 fully saturated rings. The minimum Gasteiger partial charge on any atom is -0.334 e. The van der Waals surface area contributed by atoms with E-state index in [2.05, 4.69) is 52.7 Å². The van der Waals surface area contributed by atoms with Crippen LogP contribution in [0.25, 0.3) is 10.8 Å². The van der Waals surface area contributed by atoms with Gasteiger partial charge >= 0.3 is 0 Å². The van der Waals surface area contributed by atoms with E-state index in [9.17, 15) is 4.79 Å². The highest BCUT2D eigenvalue weighted by Crippen LogP contribution is 2.30. The van der Waals surface area contributed by atoms with E-state index >= 15 is 0 Å². The zero-order valence-corrected chi connectivity index (χ0v) is 13.5. The Morgan fingerprint density at radius 3 is 2.61 bits per heavy atom. The summed E-state index contributed by atoms with van der Waals surface area (Å²) in [5.74, 6) is 0.647. The number of carbonyl (C=O) groups excluding carboxylic acids is 1. The van der Waals surface area contributed by atoms with Crippen LogP contribution in [0.5, 0.6) is 0 Å². The molecule has 3 nitrogen and oxygen atoms in total. The van der Waals surface area contributed by atoms with Gasteiger partial charge in [-0.25, -0.2) is 0 Å². The largest absolute Gasteiger partial charge is 0.334 e. The molecule has 0 spiro atoms. The fraction of sp³-hybridized carbons (Fsp3) is 0.450. The summed E-state index contributed by atoms with van der Waals surface area (Å²) in [6, 6.07) is 15.4. The molecule has 3 heteroatoms. The first-order valence-electron chi connectivity index (χ1n) is 8.80. The molecule has 1 atom stereocenters. The zero-order chi connectivity index (χ0) is 15.6. The second-order valence-electron chi connectivity index (χ2n) is 6.92. The maximum Gasteiger partial charge on any atom is 0.226 e. The molecule has 2 aromatic rings. The summed E-state index contributed by atoms with van der Waals surface area (Å²) in [6.45, 7) is 2.70. The van der Waals surface area contributed by atoms with E-state index in [1.54, 1.807) is 0 Å². The van der Waals surface area contributed by atoms with Gasteiger partial charge in [-0.05, 0) is 48.2 Å². The average Bonchev–Trinajstić information content (AvgIpc) is 3.04. The van der Waals surface area contributed by atoms with Gasteiger partial charge in [0, 0.05) is 25.0 Å². The Kier molecular flexibility index (Phi) is 4.04. The summed E-state index contributed by atoms with van der Waals surface area (Å²) in [5.41, 5.74) is 1.24. The summed E-state index contributed by atoms with van der Waals surface area (Å²) in [4.78, 5) is 15.0. The van der Waals surface area contributed by atoms with E-state index in [0.717, 1.165) is 38.9 Å². The van der Waals surface area contributed by atoms with Crippen molar-refractivity contribution < 1.29 is 4.79 Å². The van der Waals surface area contributed by atoms with Crippen LogP contribution >= 0.6 is 0 Å². The van der Waals surface area contributed by atoms with Gasteiger partial charge < -0.3 is 10.2 Å². The summed E-state index contributed by atoms with van der Waals surface area (Å²) in [6.07, 6.45) is 4.44. The fourth-order valence-corrected chi connectivity index (χ4v) is 3.72. The average molecular weight is 308 g/mol. The molecule has 2 aromatic carbocycles. The maximum atomic E-state index is 12.9. The molecule has 1 amide bonds. The van der Waals surface area contributed by atoms with Crippen LogP contribution < -0.4 is 5.32 Å². The summed E-state index contributed by atoms with van der Waals surface area (Å²) in [5, 5.41) is 5.92. The van der Waals surface area contributed by atoms with Crippen molar-refractivity contribution in [3.63, 3.8) is 0 Å². The summed E-state index contributed by atoms with van der Waals surface area (Å²) in [7, 11) is 0. The van der Waals surface area contributed by atoms with Crippen molar-refractivity contribution in [2.24, 2.45) is 5.92 Å². The smallest absolute Gasteiger partial charge is 0.226 e. The molecule has 1 aliphatic carbocycles. The minimum absolute atomic E-state index is 0.274. The van der Waals surface area contributed by atoms with E-state index in [1.165, 1.54) is 22.8 Å². The van der Waals surface area contributed by atoms with E-state index < -0.39 is 0 Å². The highest BCUT2D eigenvalue weighted by molar-refractivity contribution is 5.83. The molecule has 1 aliphatic heterocycles. The third-order valence-corrected chi connectivity index (χ3v) is 5.38. The standard InChI is InChI=1S/C20H24N2O/c23-20(17-6-3-7-17)22(19-10-11-21-13-19)14-15-8-9-16-4-1-2-5-18(16)12-15/h1-2,4-5,8-9,12,17,19,21H,3,6-7,10-11,13-14H2/t19-/m0/s1. The van der Waals surface area contributed by atoms with E-state index in [0.29, 0.717) is 11.9 Å². The number of benzene rings is 2. The van der Waals surface area contributed by atoms with Crippen LogP contribution in [0.1, 0.15) is 31.2 Å². The van der Waals surface area contributed by atoms with Gasteiger partial charge in [-0.1, -0.05) is 42.8 Å². The molecule has 4 rings (SSSR count). The predicted molar refractivity (Wildman–Crippen MR) is 93.1 cm³/mol. The zero-order valence-electron chi connectivity index (χ0n) is 13.5. The normalized spacial score (nSPS) is 21.3. The molecule has 0 unspecified atom stereocenters. The number of nitrogens with one attached hydrogen (secondary N) is 1. The lowest BCUT2D eigenvalue weighted by Gasteiger charge is -2.35. The molecule has 23 heavy (non-hydrogen) atoms. The topological polar surface area (TPSA) is 32.3 Å². The lowest BCUT2D eigenvalue weighted by atomic mass is 9.84. The second-order valence-corrected chi connectivity index (χ2v) is 6.92. The van der Waals surface area contributed by atoms with Gasteiger partial charge in [0.05, 0.1) is 0 Å². The lowest BCUT2D eigenvalue weighted by molar-refractivity contribution is -0.141. The minimum atomic E-state index is 0.274. The number of nitrogens with zero attached hydrogens (tertiary/aromatic N) is 1. The first-order chi connectivity index (χ1) is 11.3. The van der Waals surface area contributed by atoms with Crippen molar-refractivity contribution in [1.82, 2.24) is 10.2 Å². The number of hydrogen-bond acceptors (Lipinski definition) is 2. The van der Waals surface area contributed by atoms with Gasteiger partial charge in [0.15, 0.2) is 0 Å². The highest BCUT2D eigenvalue weighted by Gasteiger charge is 2.34. The summed E-state index contributed by atoms with van der Waals surface area (Å²) < 4.78 is 0. The van der Waals surface area contributed by atoms with Gasteiger partial charge in [0.2, 0.25) is 5.91 Å². The van der Waals surface area contributed by atoms with Crippen LogP contribution in [0.3, 0.4) is 0 Å². The third-order valence-electron chi connectivity index (χ3n) is 5.38. The van der Waals surface area contributed by atoms with Crippen LogP contribution in [0.2, 0.25) is 0 Å². The van der Waals surface area contributed by atoms with Gasteiger partial charge in [-0.2, -0.15) is 0 Å². The molecule has 0 radical (unpaired) electrons. The van der Waals surface area contributed by atoms with Crippen molar-refractivity contribution in [1.29, 1.82) is 0 Å². The van der Waals surface area contributed by atoms with E-state index in [-0.39, 0.29) is 5.92 Å². The predicted octanol–water partition coefficient (Wildman–Crippen LogP) is 3.33. The molecular formula is C20H24N2O. The first-order valence-corrected chi connectivity index (χ1v) is 8.80. The molecule has 1 saturated heterocycles. The van der Waals surface area contributed by atoms with Crippen molar-refractivity contribution in [2.45, 2.75) is 38.3 Å². The van der Waals surface area contributed by atoms with Crippen molar-refractivity contribution in [2.75, 3.05) is 13.1 Å². The number of hydrogen-bond donors (Lipinski definition) is 1. The molecule has 1 heterocycles. The number of rotatable bonds is 4. The van der Waals surface area contributed by atoms with Crippen molar-refractivity contribution in [3.05, 3.63) is 48.0 Å². The Morgan fingerprint density at radius 2 is 1.91 bits per heavy atom. The Hall–Kier alpha value is -1.87. The number of amides is 1. The van der Waals surface area contributed by atoms with Crippen molar-refractivity contribution in [3.8, 4) is 0 Å². The van der Waals surface area contributed by atoms with Crippen LogP contribution in [0.15, 0.2) is 42.5 Å². The van der Waals surface area contributed by atoms with Crippen LogP contribution in [0.4, 0.5) is 0 Å². The fourth-order valence-electron chi connectivity index (χ4n) is 3.72. The van der Waals surface area contributed by atoms with Gasteiger partial charge in [0.1, 0.15) is 0 Å². The molecule has 0 bridgehead atoms. The highest BCUT2D eigenvalue weighted by atomic mass is 16.2. The molecule has 0 aromatic heterocycles. The summed E-state index contributed by atoms with van der Waals surface area (Å²) >= 11 is 0. The molecular weight excluding hydrogens is 284 g/mol. The Labute approximate surface area is 137 Å². The van der Waals surface area contributed by atoms with Crippen LogP contribution in [-0.2, 0) is 11.3 Å². The Bertz CT molecular complexity index is 702. The van der Waals surface area contributed by atoms with E-state index in [4.69, 9.17) is 0 Å². The molecule has 1 N–H and O–H groups in total. The number of fused-ring (bicyclic) bond motifs is 1. The lowest BCUT2D eigenvalue weighted by Crippen LogP contribution is -2.45. The van der Waals surface area contributed by atoms with Gasteiger partial charge in [-0.15, -0.1) is 0 Å². The first kappa shape index (κ1) is 14.7. The number of carbonyl (C=O) groups is 1. The second kappa shape index (κ2) is 6.32. The Morgan fingerprint density at radius 1 is 1.09 bits per heavy atom. The Balaban J connectivity index is 1.58. The molecule has 2 aliphatic rings. The quantitative estimate of drug-likeness (QED) is 0.939. The van der Waals surface area contributed by atoms with Crippen LogP contribution in [-0.4, -0.2) is 29.9 Å².